The van der Waals surface area contributed by atoms with Crippen LogP contribution in [0.15, 0.2) is 30.3 Å². The van der Waals surface area contributed by atoms with E-state index in [2.05, 4.69) is 26.6 Å². The number of hydrogen-bond donors (Lipinski definition) is 2. The van der Waals surface area contributed by atoms with Crippen LogP contribution in [0.4, 0.5) is 13.2 Å². The van der Waals surface area contributed by atoms with Gasteiger partial charge in [0.15, 0.2) is 0 Å². The Bertz CT molecular complexity index is 763. The lowest BCUT2D eigenvalue weighted by molar-refractivity contribution is -0.192. The highest BCUT2D eigenvalue weighted by atomic mass is 19.4. The molecule has 1 aliphatic heterocycles. The molecule has 7 nitrogen and oxygen atoms in total. The molecule has 0 atom stereocenters. The number of nitrogens with one attached hydrogen (secondary N) is 1. The summed E-state index contributed by atoms with van der Waals surface area (Å²) in [7, 11) is 0. The summed E-state index contributed by atoms with van der Waals surface area (Å²) in [4.78, 5) is 13.5. The predicted octanol–water partition coefficient (Wildman–Crippen LogP) is 2.86. The van der Waals surface area contributed by atoms with Crippen molar-refractivity contribution >= 4 is 5.97 Å². The molecule has 2 aromatic heterocycles. The number of alkyl halides is 3. The largest absolute Gasteiger partial charge is 0.490 e. The Morgan fingerprint density at radius 2 is 1.89 bits per heavy atom. The lowest BCUT2D eigenvalue weighted by Crippen LogP contribution is -2.27. The van der Waals surface area contributed by atoms with E-state index in [-0.39, 0.29) is 0 Å². The van der Waals surface area contributed by atoms with E-state index in [0.29, 0.717) is 18.4 Å². The maximum atomic E-state index is 10.6. The second-order valence-corrected chi connectivity index (χ2v) is 6.18. The number of piperidine rings is 1. The Morgan fingerprint density at radius 1 is 1.21 bits per heavy atom. The van der Waals surface area contributed by atoms with E-state index in [9.17, 15) is 13.2 Å². The van der Waals surface area contributed by atoms with E-state index < -0.39 is 12.1 Å². The monoisotopic (exact) mass is 398 g/mol. The summed E-state index contributed by atoms with van der Waals surface area (Å²) in [5, 5.41) is 18.6. The first kappa shape index (κ1) is 21.5. The van der Waals surface area contributed by atoms with E-state index in [4.69, 9.17) is 14.6 Å². The molecule has 0 spiro atoms. The number of pyridine rings is 1. The molecule has 1 aliphatic rings. The summed E-state index contributed by atoms with van der Waals surface area (Å²) < 4.78 is 37.5. The number of halogens is 3. The van der Waals surface area contributed by atoms with E-state index >= 15 is 0 Å². The van der Waals surface area contributed by atoms with Gasteiger partial charge >= 0.3 is 12.1 Å². The van der Waals surface area contributed by atoms with E-state index in [1.54, 1.807) is 0 Å². The zero-order chi connectivity index (χ0) is 20.6. The third-order valence-corrected chi connectivity index (χ3v) is 3.97. The average molecular weight is 398 g/mol. The Morgan fingerprint density at radius 3 is 2.46 bits per heavy atom. The van der Waals surface area contributed by atoms with Crippen LogP contribution < -0.4 is 10.1 Å². The smallest absolute Gasteiger partial charge is 0.475 e. The number of ether oxygens (including phenoxy) is 1. The van der Waals surface area contributed by atoms with Crippen molar-refractivity contribution in [1.29, 1.82) is 0 Å². The van der Waals surface area contributed by atoms with Crippen LogP contribution in [0.5, 0.6) is 5.88 Å². The second kappa shape index (κ2) is 9.98. The van der Waals surface area contributed by atoms with Gasteiger partial charge in [0.1, 0.15) is 12.3 Å². The summed E-state index contributed by atoms with van der Waals surface area (Å²) in [5.41, 5.74) is 2.85. The van der Waals surface area contributed by atoms with Gasteiger partial charge in [0.05, 0.1) is 5.69 Å². The second-order valence-electron chi connectivity index (χ2n) is 6.18. The third-order valence-electron chi connectivity index (χ3n) is 3.97. The van der Waals surface area contributed by atoms with Crippen molar-refractivity contribution in [3.8, 4) is 5.88 Å². The standard InChI is InChI=1S/C16H20N4O.C2HF3O2/c1-12-5-6-14(20-19-12)11-21-16-4-2-3-15(18-16)13-7-9-17-10-8-13;3-2(4,5)1(6)7/h2-6,13,17H,7-11H2,1H3;(H,6,7). The molecule has 152 valence electrons. The van der Waals surface area contributed by atoms with E-state index in [0.717, 1.165) is 43.0 Å². The van der Waals surface area contributed by atoms with Gasteiger partial charge < -0.3 is 15.2 Å². The van der Waals surface area contributed by atoms with Gasteiger partial charge in [-0.15, -0.1) is 0 Å². The minimum atomic E-state index is -5.08. The van der Waals surface area contributed by atoms with Crippen molar-refractivity contribution < 1.29 is 27.8 Å². The molecule has 2 aromatic rings. The number of aromatic nitrogens is 3. The van der Waals surface area contributed by atoms with Crippen LogP contribution in [0, 0.1) is 6.92 Å². The lowest BCUT2D eigenvalue weighted by atomic mass is 9.94. The Kier molecular flexibility index (Phi) is 7.68. The maximum Gasteiger partial charge on any atom is 0.490 e. The Balaban J connectivity index is 0.000000345. The molecule has 0 bridgehead atoms. The number of rotatable bonds is 4. The van der Waals surface area contributed by atoms with Crippen molar-refractivity contribution in [2.45, 2.75) is 38.5 Å². The van der Waals surface area contributed by atoms with Crippen LogP contribution in [0.1, 0.15) is 35.8 Å². The zero-order valence-electron chi connectivity index (χ0n) is 15.2. The van der Waals surface area contributed by atoms with Crippen molar-refractivity contribution in [2.24, 2.45) is 0 Å². The highest BCUT2D eigenvalue weighted by molar-refractivity contribution is 5.73. The van der Waals surface area contributed by atoms with Crippen LogP contribution in [-0.4, -0.2) is 45.5 Å². The molecule has 0 aromatic carbocycles. The number of nitrogens with zero attached hydrogens (tertiary/aromatic N) is 3. The summed E-state index contributed by atoms with van der Waals surface area (Å²) >= 11 is 0. The molecule has 0 radical (unpaired) electrons. The molecule has 0 saturated carbocycles. The Labute approximate surface area is 160 Å². The SMILES string of the molecule is Cc1ccc(COc2cccc(C3CCNCC3)n2)nn1.O=C(O)C(F)(F)F. The van der Waals surface area contributed by atoms with Gasteiger partial charge in [-0.3, -0.25) is 0 Å². The molecule has 0 amide bonds. The highest BCUT2D eigenvalue weighted by Gasteiger charge is 2.38. The van der Waals surface area contributed by atoms with Gasteiger partial charge in [-0.2, -0.15) is 23.4 Å². The molecular weight excluding hydrogens is 377 g/mol. The van der Waals surface area contributed by atoms with Gasteiger partial charge in [0.2, 0.25) is 5.88 Å². The van der Waals surface area contributed by atoms with Gasteiger partial charge in [-0.1, -0.05) is 6.07 Å². The Hall–Kier alpha value is -2.75. The molecule has 10 heteroatoms. The third kappa shape index (κ3) is 7.10. The number of hydrogen-bond acceptors (Lipinski definition) is 6. The predicted molar refractivity (Wildman–Crippen MR) is 93.9 cm³/mol. The number of carbonyl (C=O) groups is 1. The van der Waals surface area contributed by atoms with Gasteiger partial charge in [-0.05, 0) is 51.1 Å². The summed E-state index contributed by atoms with van der Waals surface area (Å²) in [6.07, 6.45) is -2.81. The number of aryl methyl sites for hydroxylation is 1. The molecule has 1 fully saturated rings. The van der Waals surface area contributed by atoms with Crippen molar-refractivity contribution in [3.63, 3.8) is 0 Å². The minimum absolute atomic E-state index is 0.399. The van der Waals surface area contributed by atoms with Gasteiger partial charge in [-0.25, -0.2) is 9.78 Å². The number of carboxylic acids is 1. The molecule has 3 rings (SSSR count). The van der Waals surface area contributed by atoms with Crippen LogP contribution in [0.25, 0.3) is 0 Å². The number of aliphatic carboxylic acids is 1. The summed E-state index contributed by atoms with van der Waals surface area (Å²) in [6, 6.07) is 9.87. The van der Waals surface area contributed by atoms with Gasteiger partial charge in [0.25, 0.3) is 0 Å². The average Bonchev–Trinajstić information content (AvgIpc) is 2.68. The van der Waals surface area contributed by atoms with Crippen LogP contribution in [0.2, 0.25) is 0 Å². The highest BCUT2D eigenvalue weighted by Crippen LogP contribution is 2.25. The quantitative estimate of drug-likeness (QED) is 0.817. The van der Waals surface area contributed by atoms with Crippen molar-refractivity contribution in [1.82, 2.24) is 20.5 Å². The van der Waals surface area contributed by atoms with Crippen LogP contribution >= 0.6 is 0 Å². The number of carboxylic acid groups (broad SMARTS) is 1. The summed E-state index contributed by atoms with van der Waals surface area (Å²) in [5.74, 6) is -1.56. The first-order chi connectivity index (χ1) is 13.3. The first-order valence-electron chi connectivity index (χ1n) is 8.65. The molecular formula is C18H21F3N4O3. The molecule has 0 aliphatic carbocycles. The van der Waals surface area contributed by atoms with Crippen molar-refractivity contribution in [2.75, 3.05) is 13.1 Å². The van der Waals surface area contributed by atoms with E-state index in [1.807, 2.05) is 31.2 Å². The topological polar surface area (TPSA) is 97.2 Å². The molecule has 1 saturated heterocycles. The summed E-state index contributed by atoms with van der Waals surface area (Å²) in [6.45, 7) is 4.45. The van der Waals surface area contributed by atoms with Crippen LogP contribution in [0.3, 0.4) is 0 Å². The maximum absolute atomic E-state index is 10.6. The minimum Gasteiger partial charge on any atom is -0.475 e. The molecule has 2 N–H and O–H groups in total. The zero-order valence-corrected chi connectivity index (χ0v) is 15.2. The molecule has 28 heavy (non-hydrogen) atoms. The first-order valence-corrected chi connectivity index (χ1v) is 8.65. The molecule has 3 heterocycles. The fourth-order valence-corrected chi connectivity index (χ4v) is 2.51. The fraction of sp³-hybridized carbons (Fsp3) is 0.444. The normalized spacial score (nSPS) is 14.7. The fourth-order valence-electron chi connectivity index (χ4n) is 2.51. The molecule has 0 unspecified atom stereocenters. The van der Waals surface area contributed by atoms with Crippen molar-refractivity contribution in [3.05, 3.63) is 47.4 Å². The van der Waals surface area contributed by atoms with Gasteiger partial charge in [0, 0.05) is 17.7 Å². The van der Waals surface area contributed by atoms with E-state index in [1.165, 1.54) is 0 Å². The van der Waals surface area contributed by atoms with Crippen LogP contribution in [-0.2, 0) is 11.4 Å². The lowest BCUT2D eigenvalue weighted by Gasteiger charge is -2.22.